The molecule has 0 radical (unpaired) electrons. The van der Waals surface area contributed by atoms with Crippen molar-refractivity contribution >= 4 is 63.9 Å². The summed E-state index contributed by atoms with van der Waals surface area (Å²) in [6.07, 6.45) is 0.503. The molecule has 2 aliphatic rings. The number of ether oxygens (including phenoxy) is 1. The Bertz CT molecular complexity index is 1200. The molecule has 1 saturated heterocycles. The highest BCUT2D eigenvalue weighted by molar-refractivity contribution is 6.54. The predicted molar refractivity (Wildman–Crippen MR) is 147 cm³/mol. The molecule has 2 aliphatic heterocycles. The van der Waals surface area contributed by atoms with Crippen molar-refractivity contribution in [1.29, 1.82) is 0 Å². The van der Waals surface area contributed by atoms with Crippen molar-refractivity contribution in [3.63, 3.8) is 0 Å². The topological polar surface area (TPSA) is 92.3 Å². The van der Waals surface area contributed by atoms with E-state index in [4.69, 9.17) is 44.4 Å². The van der Waals surface area contributed by atoms with Crippen LogP contribution in [0.4, 0.5) is 16.2 Å². The second kappa shape index (κ2) is 11.4. The lowest BCUT2D eigenvalue weighted by Crippen LogP contribution is -2.40. The van der Waals surface area contributed by atoms with Crippen LogP contribution in [-0.4, -0.2) is 47.3 Å². The van der Waals surface area contributed by atoms with Crippen LogP contribution in [0, 0.1) is 0 Å². The number of carbonyl (C=O) groups is 2. The first-order chi connectivity index (χ1) is 17.5. The lowest BCUT2D eigenvalue weighted by atomic mass is 9.98. The van der Waals surface area contributed by atoms with Crippen LogP contribution in [0.3, 0.4) is 0 Å². The number of hydrogen-bond acceptors (Lipinski definition) is 6. The van der Waals surface area contributed by atoms with Crippen molar-refractivity contribution in [2.75, 3.05) is 23.3 Å². The van der Waals surface area contributed by atoms with E-state index in [1.807, 2.05) is 51.1 Å². The van der Waals surface area contributed by atoms with Crippen LogP contribution in [0.25, 0.3) is 0 Å². The van der Waals surface area contributed by atoms with Crippen LogP contribution in [-0.2, 0) is 14.4 Å². The Labute approximate surface area is 231 Å². The first-order valence-electron chi connectivity index (χ1n) is 11.9. The molecule has 4 rings (SSSR count). The standard InChI is InChI=1S/C26H29Cl3N4O4/c1-26(2,3)36-25(35)31-17-10-11-33(14-17)20-9-5-8-18(27)22(20)19-13-21(37-32-19)15-6-4-7-16(12-15)30-24(34)23(28)29/h4-9,12,17,21,23H,10-11,13-14H2,1-3H3,(H,30,34)(H,31,35)/t17-,21?/m1/s1. The van der Waals surface area contributed by atoms with Gasteiger partial charge in [-0.25, -0.2) is 4.79 Å². The largest absolute Gasteiger partial charge is 0.444 e. The molecule has 1 unspecified atom stereocenters. The maximum atomic E-state index is 12.2. The van der Waals surface area contributed by atoms with Crippen LogP contribution in [0.5, 0.6) is 0 Å². The molecule has 198 valence electrons. The van der Waals surface area contributed by atoms with Crippen molar-refractivity contribution in [2.45, 2.75) is 56.2 Å². The van der Waals surface area contributed by atoms with Gasteiger partial charge in [-0.15, -0.1) is 0 Å². The summed E-state index contributed by atoms with van der Waals surface area (Å²) in [5, 5.41) is 10.6. The first-order valence-corrected chi connectivity index (χ1v) is 13.2. The number of alkyl halides is 2. The molecule has 0 spiro atoms. The van der Waals surface area contributed by atoms with E-state index in [1.54, 1.807) is 12.1 Å². The van der Waals surface area contributed by atoms with E-state index in [1.165, 1.54) is 0 Å². The van der Waals surface area contributed by atoms with Gasteiger partial charge in [0.2, 0.25) is 0 Å². The number of rotatable bonds is 6. The minimum Gasteiger partial charge on any atom is -0.444 e. The Balaban J connectivity index is 1.46. The Kier molecular flexibility index (Phi) is 8.41. The predicted octanol–water partition coefficient (Wildman–Crippen LogP) is 6.05. The van der Waals surface area contributed by atoms with E-state index in [-0.39, 0.29) is 12.1 Å². The van der Waals surface area contributed by atoms with Gasteiger partial charge < -0.3 is 25.1 Å². The summed E-state index contributed by atoms with van der Waals surface area (Å²) in [7, 11) is 0. The molecule has 11 heteroatoms. The van der Waals surface area contributed by atoms with E-state index in [0.717, 1.165) is 35.5 Å². The van der Waals surface area contributed by atoms with Gasteiger partial charge in [0.25, 0.3) is 5.91 Å². The van der Waals surface area contributed by atoms with Crippen molar-refractivity contribution in [2.24, 2.45) is 5.16 Å². The van der Waals surface area contributed by atoms with E-state index in [0.29, 0.717) is 23.7 Å². The minimum absolute atomic E-state index is 0.0466. The first kappa shape index (κ1) is 27.4. The SMILES string of the molecule is CC(C)(C)OC(=O)N[C@@H]1CCN(c2cccc(Cl)c2C2=NOC(c3cccc(NC(=O)C(Cl)Cl)c3)C2)C1. The average molecular weight is 568 g/mol. The highest BCUT2D eigenvalue weighted by Gasteiger charge is 2.32. The fourth-order valence-corrected chi connectivity index (χ4v) is 4.74. The molecular weight excluding hydrogens is 539 g/mol. The molecular formula is C26H29Cl3N4O4. The second-order valence-corrected chi connectivity index (χ2v) is 11.5. The van der Waals surface area contributed by atoms with Gasteiger partial charge in [-0.3, -0.25) is 4.79 Å². The number of nitrogens with one attached hydrogen (secondary N) is 2. The summed E-state index contributed by atoms with van der Waals surface area (Å²) in [6, 6.07) is 12.9. The molecule has 2 aromatic carbocycles. The van der Waals surface area contributed by atoms with Crippen LogP contribution >= 0.6 is 34.8 Å². The summed E-state index contributed by atoms with van der Waals surface area (Å²) >= 11 is 17.9. The third kappa shape index (κ3) is 7.00. The molecule has 37 heavy (non-hydrogen) atoms. The fourth-order valence-electron chi connectivity index (χ4n) is 4.35. The molecule has 0 aromatic heterocycles. The highest BCUT2D eigenvalue weighted by atomic mass is 35.5. The lowest BCUT2D eigenvalue weighted by molar-refractivity contribution is -0.114. The molecule has 1 fully saturated rings. The van der Waals surface area contributed by atoms with Gasteiger partial charge in [-0.1, -0.05) is 58.2 Å². The average Bonchev–Trinajstić information content (AvgIpc) is 3.48. The smallest absolute Gasteiger partial charge is 0.407 e. The Morgan fingerprint density at radius 1 is 1.19 bits per heavy atom. The quantitative estimate of drug-likeness (QED) is 0.415. The zero-order chi connectivity index (χ0) is 26.7. The maximum absolute atomic E-state index is 12.2. The van der Waals surface area contributed by atoms with E-state index in [2.05, 4.69) is 20.7 Å². The van der Waals surface area contributed by atoms with Crippen LogP contribution in [0.2, 0.25) is 5.02 Å². The van der Waals surface area contributed by atoms with E-state index >= 15 is 0 Å². The zero-order valence-electron chi connectivity index (χ0n) is 20.8. The van der Waals surface area contributed by atoms with Gasteiger partial charge in [0.1, 0.15) is 5.60 Å². The summed E-state index contributed by atoms with van der Waals surface area (Å²) < 4.78 is 5.40. The third-order valence-corrected chi connectivity index (χ3v) is 6.63. The maximum Gasteiger partial charge on any atom is 0.407 e. The molecule has 8 nitrogen and oxygen atoms in total. The van der Waals surface area contributed by atoms with Gasteiger partial charge in [0.05, 0.1) is 16.8 Å². The number of anilines is 2. The Morgan fingerprint density at radius 3 is 2.68 bits per heavy atom. The van der Waals surface area contributed by atoms with Crippen molar-refractivity contribution in [3.05, 3.63) is 58.6 Å². The molecule has 2 atom stereocenters. The Hall–Kier alpha value is -2.68. The summed E-state index contributed by atoms with van der Waals surface area (Å²) in [4.78, 5) is 30.9. The lowest BCUT2D eigenvalue weighted by Gasteiger charge is -2.24. The fraction of sp³-hybridized carbons (Fsp3) is 0.423. The number of halogens is 3. The number of oxime groups is 1. The molecule has 0 aliphatic carbocycles. The van der Waals surface area contributed by atoms with E-state index < -0.39 is 22.4 Å². The highest BCUT2D eigenvalue weighted by Crippen LogP contribution is 2.37. The monoisotopic (exact) mass is 566 g/mol. The molecule has 2 amide bonds. The van der Waals surface area contributed by atoms with Crippen molar-refractivity contribution < 1.29 is 19.2 Å². The van der Waals surface area contributed by atoms with Gasteiger partial charge in [0, 0.05) is 36.4 Å². The van der Waals surface area contributed by atoms with Crippen molar-refractivity contribution in [1.82, 2.24) is 5.32 Å². The van der Waals surface area contributed by atoms with Crippen LogP contribution in [0.1, 0.15) is 50.8 Å². The number of carbonyl (C=O) groups excluding carboxylic acids is 2. The number of hydrogen-bond donors (Lipinski definition) is 2. The van der Waals surface area contributed by atoms with Gasteiger partial charge in [-0.05, 0) is 57.0 Å². The normalized spacial score (nSPS) is 19.4. The molecule has 2 aromatic rings. The molecule has 0 saturated carbocycles. The summed E-state index contributed by atoms with van der Waals surface area (Å²) in [5.74, 6) is -0.504. The van der Waals surface area contributed by atoms with Gasteiger partial charge >= 0.3 is 6.09 Å². The number of amides is 2. The molecule has 0 bridgehead atoms. The zero-order valence-corrected chi connectivity index (χ0v) is 23.0. The van der Waals surface area contributed by atoms with Crippen LogP contribution in [0.15, 0.2) is 47.6 Å². The number of nitrogens with zero attached hydrogens (tertiary/aromatic N) is 2. The van der Waals surface area contributed by atoms with Crippen molar-refractivity contribution in [3.8, 4) is 0 Å². The second-order valence-electron chi connectivity index (χ2n) is 9.96. The molecule has 2 heterocycles. The third-order valence-electron chi connectivity index (χ3n) is 5.92. The van der Waals surface area contributed by atoms with Crippen LogP contribution < -0.4 is 15.5 Å². The minimum atomic E-state index is -1.16. The molecule has 2 N–H and O–H groups in total. The van der Waals surface area contributed by atoms with E-state index in [9.17, 15) is 9.59 Å². The number of benzene rings is 2. The van der Waals surface area contributed by atoms with Gasteiger partial charge in [0.15, 0.2) is 10.9 Å². The van der Waals surface area contributed by atoms with Gasteiger partial charge in [-0.2, -0.15) is 0 Å². The summed E-state index contributed by atoms with van der Waals surface area (Å²) in [5.41, 5.74) is 3.31. The Morgan fingerprint density at radius 2 is 1.95 bits per heavy atom. The number of alkyl carbamates (subject to hydrolysis) is 1. The summed E-state index contributed by atoms with van der Waals surface area (Å²) in [6.45, 7) is 6.88.